The summed E-state index contributed by atoms with van der Waals surface area (Å²) in [5.74, 6) is -5.32. The van der Waals surface area contributed by atoms with Crippen molar-refractivity contribution in [3.05, 3.63) is 29.8 Å². The number of primary amides is 1. The number of carbonyl (C=O) groups excluding carboxylic acids is 4. The number of benzene rings is 1. The molecule has 0 saturated carbocycles. The van der Waals surface area contributed by atoms with Gasteiger partial charge in [-0.05, 0) is 43.4 Å². The van der Waals surface area contributed by atoms with Crippen LogP contribution in [0.2, 0.25) is 0 Å². The smallest absolute Gasteiger partial charge is 0.326 e. The van der Waals surface area contributed by atoms with Gasteiger partial charge in [-0.15, -0.1) is 0 Å². The molecule has 4 atom stereocenters. The SMILES string of the molecule is NC(=O)CCC(NC(=O)C(N)CCC(=O)O)C(=O)N1CCCC1C(=O)NC(Cc1ccc(O)cc1)C(=O)O. The molecule has 1 saturated heterocycles. The van der Waals surface area contributed by atoms with Crippen LogP contribution in [0.15, 0.2) is 24.3 Å². The van der Waals surface area contributed by atoms with E-state index in [9.17, 15) is 39.0 Å². The predicted octanol–water partition coefficient (Wildman–Crippen LogP) is -1.56. The lowest BCUT2D eigenvalue weighted by atomic mass is 10.0. The molecule has 208 valence electrons. The molecule has 0 aromatic heterocycles. The Kier molecular flexibility index (Phi) is 11.0. The summed E-state index contributed by atoms with van der Waals surface area (Å²) < 4.78 is 0. The van der Waals surface area contributed by atoms with Gasteiger partial charge in [-0.1, -0.05) is 12.1 Å². The molecular weight excluding hydrogens is 502 g/mol. The molecule has 0 radical (unpaired) electrons. The zero-order valence-corrected chi connectivity index (χ0v) is 20.7. The molecule has 1 aromatic rings. The molecule has 0 bridgehead atoms. The summed E-state index contributed by atoms with van der Waals surface area (Å²) in [7, 11) is 0. The van der Waals surface area contributed by atoms with E-state index in [1.54, 1.807) is 0 Å². The van der Waals surface area contributed by atoms with E-state index in [1.807, 2.05) is 0 Å². The zero-order valence-electron chi connectivity index (χ0n) is 20.7. The van der Waals surface area contributed by atoms with Gasteiger partial charge in [0.1, 0.15) is 23.9 Å². The number of likely N-dealkylation sites (tertiary alicyclic amines) is 1. The van der Waals surface area contributed by atoms with Crippen LogP contribution in [0, 0.1) is 0 Å². The third-order valence-electron chi connectivity index (χ3n) is 6.13. The molecule has 2 rings (SSSR count). The lowest BCUT2D eigenvalue weighted by Crippen LogP contribution is -2.57. The number of phenolic OH excluding ortho intramolecular Hbond substituents is 1. The number of carboxylic acid groups (broad SMARTS) is 2. The number of hydrogen-bond acceptors (Lipinski definition) is 8. The molecule has 38 heavy (non-hydrogen) atoms. The van der Waals surface area contributed by atoms with Crippen molar-refractivity contribution in [2.75, 3.05) is 6.54 Å². The van der Waals surface area contributed by atoms with Crippen molar-refractivity contribution in [1.29, 1.82) is 0 Å². The maximum atomic E-state index is 13.3. The van der Waals surface area contributed by atoms with Crippen molar-refractivity contribution in [3.8, 4) is 5.75 Å². The van der Waals surface area contributed by atoms with Gasteiger partial charge in [0, 0.05) is 25.8 Å². The topological polar surface area (TPSA) is 242 Å². The van der Waals surface area contributed by atoms with E-state index in [4.69, 9.17) is 16.6 Å². The summed E-state index contributed by atoms with van der Waals surface area (Å²) in [6, 6.07) is 1.03. The minimum atomic E-state index is -1.30. The average Bonchev–Trinajstić information content (AvgIpc) is 3.35. The predicted molar refractivity (Wildman–Crippen MR) is 131 cm³/mol. The van der Waals surface area contributed by atoms with Crippen LogP contribution in [-0.2, 0) is 35.2 Å². The number of nitrogens with one attached hydrogen (secondary N) is 2. The average molecular weight is 536 g/mol. The minimum Gasteiger partial charge on any atom is -0.508 e. The van der Waals surface area contributed by atoms with E-state index in [0.717, 1.165) is 0 Å². The summed E-state index contributed by atoms with van der Waals surface area (Å²) in [6.07, 6.45) is -0.337. The largest absolute Gasteiger partial charge is 0.508 e. The Labute approximate surface area is 218 Å². The van der Waals surface area contributed by atoms with E-state index >= 15 is 0 Å². The van der Waals surface area contributed by atoms with Crippen molar-refractivity contribution < 1.29 is 44.1 Å². The Balaban J connectivity index is 2.12. The number of aromatic hydroxyl groups is 1. The molecule has 9 N–H and O–H groups in total. The number of aliphatic carboxylic acids is 2. The van der Waals surface area contributed by atoms with E-state index in [2.05, 4.69) is 10.6 Å². The van der Waals surface area contributed by atoms with Gasteiger partial charge in [-0.25, -0.2) is 4.79 Å². The van der Waals surface area contributed by atoms with Gasteiger partial charge in [0.15, 0.2) is 0 Å². The standard InChI is InChI=1S/C24H33N5O9/c25-15(7-10-20(32)33)21(34)27-16(8-9-19(26)31)23(36)29-11-1-2-18(29)22(35)28-17(24(37)38)12-13-3-5-14(30)6-4-13/h3-6,15-18,30H,1-2,7-12,25H2,(H2,26,31)(H,27,34)(H,28,35)(H,32,33)(H,37,38). The molecule has 1 aliphatic heterocycles. The Bertz CT molecular complexity index is 1050. The van der Waals surface area contributed by atoms with E-state index < -0.39 is 59.7 Å². The molecular formula is C24H33N5O9. The van der Waals surface area contributed by atoms with Crippen LogP contribution in [0.4, 0.5) is 0 Å². The molecule has 4 amide bonds. The third kappa shape index (κ3) is 9.03. The molecule has 14 nitrogen and oxygen atoms in total. The van der Waals surface area contributed by atoms with E-state index in [-0.39, 0.29) is 50.8 Å². The third-order valence-corrected chi connectivity index (χ3v) is 6.13. The van der Waals surface area contributed by atoms with Crippen LogP contribution >= 0.6 is 0 Å². The second kappa shape index (κ2) is 13.9. The van der Waals surface area contributed by atoms with Crippen LogP contribution in [0.25, 0.3) is 0 Å². The minimum absolute atomic E-state index is 0.00518. The fraction of sp³-hybridized carbons (Fsp3) is 0.500. The number of hydrogen-bond donors (Lipinski definition) is 7. The van der Waals surface area contributed by atoms with Gasteiger partial charge < -0.3 is 42.3 Å². The highest BCUT2D eigenvalue weighted by Gasteiger charge is 2.39. The van der Waals surface area contributed by atoms with Crippen LogP contribution in [0.3, 0.4) is 0 Å². The summed E-state index contributed by atoms with van der Waals surface area (Å²) in [5.41, 5.74) is 11.5. The maximum Gasteiger partial charge on any atom is 0.326 e. The van der Waals surface area contributed by atoms with Gasteiger partial charge in [-0.3, -0.25) is 24.0 Å². The highest BCUT2D eigenvalue weighted by molar-refractivity contribution is 5.95. The molecule has 1 fully saturated rings. The number of nitrogens with zero attached hydrogens (tertiary/aromatic N) is 1. The monoisotopic (exact) mass is 535 g/mol. The molecule has 0 aliphatic carbocycles. The van der Waals surface area contributed by atoms with E-state index in [1.165, 1.54) is 29.2 Å². The zero-order chi connectivity index (χ0) is 28.4. The van der Waals surface area contributed by atoms with Crippen molar-refractivity contribution >= 4 is 35.6 Å². The number of carbonyl (C=O) groups is 6. The first-order valence-electron chi connectivity index (χ1n) is 12.1. The molecule has 4 unspecified atom stereocenters. The summed E-state index contributed by atoms with van der Waals surface area (Å²) in [4.78, 5) is 74.0. The number of amides is 4. The Hall–Kier alpha value is -4.20. The normalized spacial score (nSPS) is 17.2. The second-order valence-electron chi connectivity index (χ2n) is 9.06. The van der Waals surface area contributed by atoms with Gasteiger partial charge in [0.2, 0.25) is 23.6 Å². The number of phenols is 1. The fourth-order valence-corrected chi connectivity index (χ4v) is 4.07. The first-order chi connectivity index (χ1) is 17.9. The highest BCUT2D eigenvalue weighted by Crippen LogP contribution is 2.20. The molecule has 1 heterocycles. The summed E-state index contributed by atoms with van der Waals surface area (Å²) in [6.45, 7) is 0.153. The Morgan fingerprint density at radius 1 is 0.974 bits per heavy atom. The highest BCUT2D eigenvalue weighted by atomic mass is 16.4. The van der Waals surface area contributed by atoms with Crippen LogP contribution in [-0.4, -0.2) is 86.5 Å². The van der Waals surface area contributed by atoms with Crippen LogP contribution < -0.4 is 22.1 Å². The maximum absolute atomic E-state index is 13.3. The number of nitrogens with two attached hydrogens (primary N) is 2. The summed E-state index contributed by atoms with van der Waals surface area (Å²) >= 11 is 0. The second-order valence-corrected chi connectivity index (χ2v) is 9.06. The van der Waals surface area contributed by atoms with Crippen molar-refractivity contribution in [2.45, 2.75) is 69.1 Å². The molecule has 1 aromatic carbocycles. The first kappa shape index (κ1) is 30.0. The fourth-order valence-electron chi connectivity index (χ4n) is 4.07. The van der Waals surface area contributed by atoms with Gasteiger partial charge in [-0.2, -0.15) is 0 Å². The number of carboxylic acids is 2. The molecule has 14 heteroatoms. The van der Waals surface area contributed by atoms with Crippen molar-refractivity contribution in [1.82, 2.24) is 15.5 Å². The lowest BCUT2D eigenvalue weighted by molar-refractivity contribution is -0.145. The van der Waals surface area contributed by atoms with Crippen molar-refractivity contribution in [3.63, 3.8) is 0 Å². The summed E-state index contributed by atoms with van der Waals surface area (Å²) in [5, 5.41) is 32.7. The van der Waals surface area contributed by atoms with E-state index in [0.29, 0.717) is 12.0 Å². The van der Waals surface area contributed by atoms with Gasteiger partial charge in [0.25, 0.3) is 0 Å². The lowest BCUT2D eigenvalue weighted by Gasteiger charge is -2.30. The van der Waals surface area contributed by atoms with Gasteiger partial charge in [0.05, 0.1) is 6.04 Å². The number of rotatable bonds is 14. The molecule has 1 aliphatic rings. The molecule has 0 spiro atoms. The Morgan fingerprint density at radius 2 is 1.63 bits per heavy atom. The quantitative estimate of drug-likeness (QED) is 0.144. The van der Waals surface area contributed by atoms with Crippen molar-refractivity contribution in [2.24, 2.45) is 11.5 Å². The first-order valence-corrected chi connectivity index (χ1v) is 12.1. The van der Waals surface area contributed by atoms with Gasteiger partial charge >= 0.3 is 11.9 Å². The van der Waals surface area contributed by atoms with Crippen LogP contribution in [0.5, 0.6) is 5.75 Å². The van der Waals surface area contributed by atoms with Crippen LogP contribution in [0.1, 0.15) is 44.1 Å². The Morgan fingerprint density at radius 3 is 2.21 bits per heavy atom.